The first-order valence-electron chi connectivity index (χ1n) is 10.1. The summed E-state index contributed by atoms with van der Waals surface area (Å²) < 4.78 is 3.78. The van der Waals surface area contributed by atoms with Crippen LogP contribution in [0.2, 0.25) is 0 Å². The zero-order valence-electron chi connectivity index (χ0n) is 16.2. The highest BCUT2D eigenvalue weighted by Gasteiger charge is 2.11. The van der Waals surface area contributed by atoms with E-state index in [1.807, 2.05) is 36.8 Å². The van der Waals surface area contributed by atoms with Crippen molar-refractivity contribution in [2.24, 2.45) is 0 Å². The number of imidazole rings is 1. The highest BCUT2D eigenvalue weighted by molar-refractivity contribution is 7.08. The van der Waals surface area contributed by atoms with Crippen molar-refractivity contribution >= 4 is 22.4 Å². The first-order valence-corrected chi connectivity index (χ1v) is 11.0. The Morgan fingerprint density at radius 3 is 2.72 bits per heavy atom. The second-order valence-corrected chi connectivity index (χ2v) is 8.27. The summed E-state index contributed by atoms with van der Waals surface area (Å²) >= 11 is 1.66. The van der Waals surface area contributed by atoms with Gasteiger partial charge in [0.2, 0.25) is 0 Å². The largest absolute Gasteiger partial charge is 0.348 e. The number of fused-ring (bicyclic) bond motifs is 1. The van der Waals surface area contributed by atoms with E-state index in [0.717, 1.165) is 41.9 Å². The molecule has 3 aromatic heterocycles. The number of hydrogen-bond donors (Lipinski definition) is 0. The lowest BCUT2D eigenvalue weighted by atomic mass is 10.1. The Morgan fingerprint density at radius 2 is 1.93 bits per heavy atom. The third-order valence-electron chi connectivity index (χ3n) is 5.61. The standard InChI is InChI=1S/C22H23N5OS/c28-22-24-19(6-10-26(22)12-11-25-8-2-1-3-9-25)17-4-5-21-20(14-17)23-16-27(21)18-7-13-29-15-18/h4-7,10,13-16H,1-3,8-9,11-12H2. The molecule has 7 heteroatoms. The third-order valence-corrected chi connectivity index (χ3v) is 6.28. The molecule has 4 aromatic rings. The van der Waals surface area contributed by atoms with Crippen LogP contribution in [0.4, 0.5) is 0 Å². The van der Waals surface area contributed by atoms with Crippen molar-refractivity contribution in [3.05, 3.63) is 64.1 Å². The average Bonchev–Trinajstić information content (AvgIpc) is 3.42. The second-order valence-electron chi connectivity index (χ2n) is 7.49. The maximum absolute atomic E-state index is 12.5. The average molecular weight is 406 g/mol. The number of aromatic nitrogens is 4. The third kappa shape index (κ3) is 3.75. The molecule has 1 aliphatic heterocycles. The molecule has 1 aromatic carbocycles. The Morgan fingerprint density at radius 1 is 1.03 bits per heavy atom. The van der Waals surface area contributed by atoms with E-state index in [1.54, 1.807) is 15.9 Å². The molecule has 0 spiro atoms. The summed E-state index contributed by atoms with van der Waals surface area (Å²) in [6.45, 7) is 3.87. The molecule has 29 heavy (non-hydrogen) atoms. The van der Waals surface area contributed by atoms with Crippen LogP contribution in [-0.4, -0.2) is 43.6 Å². The van der Waals surface area contributed by atoms with Gasteiger partial charge in [-0.15, -0.1) is 0 Å². The zero-order valence-corrected chi connectivity index (χ0v) is 17.0. The minimum absolute atomic E-state index is 0.191. The molecule has 4 heterocycles. The SMILES string of the molecule is O=c1nc(-c2ccc3c(c2)ncn3-c2ccsc2)ccn1CCN1CCCCC1. The van der Waals surface area contributed by atoms with Crippen LogP contribution in [0.3, 0.4) is 0 Å². The van der Waals surface area contributed by atoms with Gasteiger partial charge in [-0.3, -0.25) is 9.13 Å². The summed E-state index contributed by atoms with van der Waals surface area (Å²) in [5.41, 5.74) is 4.46. The van der Waals surface area contributed by atoms with E-state index in [0.29, 0.717) is 12.2 Å². The monoisotopic (exact) mass is 405 g/mol. The molecule has 0 N–H and O–H groups in total. The number of piperidine rings is 1. The van der Waals surface area contributed by atoms with Gasteiger partial charge < -0.3 is 4.90 Å². The van der Waals surface area contributed by atoms with E-state index >= 15 is 0 Å². The van der Waals surface area contributed by atoms with Crippen molar-refractivity contribution in [1.29, 1.82) is 0 Å². The quantitative estimate of drug-likeness (QED) is 0.507. The van der Waals surface area contributed by atoms with Crippen LogP contribution in [0.1, 0.15) is 19.3 Å². The summed E-state index contributed by atoms with van der Waals surface area (Å²) in [7, 11) is 0. The molecule has 1 aliphatic rings. The van der Waals surface area contributed by atoms with Gasteiger partial charge in [0.25, 0.3) is 0 Å². The van der Waals surface area contributed by atoms with E-state index in [2.05, 4.69) is 36.3 Å². The van der Waals surface area contributed by atoms with Gasteiger partial charge in [-0.05, 0) is 55.6 Å². The zero-order chi connectivity index (χ0) is 19.6. The van der Waals surface area contributed by atoms with E-state index in [4.69, 9.17) is 0 Å². The first kappa shape index (κ1) is 18.3. The number of nitrogens with zero attached hydrogens (tertiary/aromatic N) is 5. The van der Waals surface area contributed by atoms with Gasteiger partial charge in [0.15, 0.2) is 0 Å². The predicted octanol–water partition coefficient (Wildman–Crippen LogP) is 3.80. The van der Waals surface area contributed by atoms with Crippen molar-refractivity contribution in [1.82, 2.24) is 24.0 Å². The smallest absolute Gasteiger partial charge is 0.302 e. The fraction of sp³-hybridized carbons (Fsp3) is 0.318. The molecule has 5 rings (SSSR count). The van der Waals surface area contributed by atoms with Crippen molar-refractivity contribution in [2.45, 2.75) is 25.8 Å². The van der Waals surface area contributed by atoms with Crippen LogP contribution in [0, 0.1) is 0 Å². The van der Waals surface area contributed by atoms with E-state index in [-0.39, 0.29) is 5.69 Å². The molecule has 0 radical (unpaired) electrons. The number of likely N-dealkylation sites (tertiary alicyclic amines) is 1. The van der Waals surface area contributed by atoms with Crippen LogP contribution in [0.15, 0.2) is 58.4 Å². The van der Waals surface area contributed by atoms with Gasteiger partial charge in [0.05, 0.1) is 22.4 Å². The van der Waals surface area contributed by atoms with E-state index in [1.165, 1.54) is 19.3 Å². The molecule has 1 fully saturated rings. The lowest BCUT2D eigenvalue weighted by Gasteiger charge is -2.26. The summed E-state index contributed by atoms with van der Waals surface area (Å²) in [5, 5.41) is 4.15. The van der Waals surface area contributed by atoms with Gasteiger partial charge >= 0.3 is 5.69 Å². The topological polar surface area (TPSA) is 56.0 Å². The molecule has 0 bridgehead atoms. The molecule has 1 saturated heterocycles. The Labute approximate surface area is 173 Å². The summed E-state index contributed by atoms with van der Waals surface area (Å²) in [6, 6.07) is 10.0. The van der Waals surface area contributed by atoms with Gasteiger partial charge in [-0.1, -0.05) is 12.5 Å². The fourth-order valence-corrected chi connectivity index (χ4v) is 4.59. The van der Waals surface area contributed by atoms with E-state index < -0.39 is 0 Å². The van der Waals surface area contributed by atoms with Crippen molar-refractivity contribution in [2.75, 3.05) is 19.6 Å². The Hall–Kier alpha value is -2.77. The molecule has 148 valence electrons. The number of thiophene rings is 1. The van der Waals surface area contributed by atoms with Crippen LogP contribution in [0.5, 0.6) is 0 Å². The summed E-state index contributed by atoms with van der Waals surface area (Å²) in [6.07, 6.45) is 7.54. The lowest BCUT2D eigenvalue weighted by Crippen LogP contribution is -2.35. The molecule has 0 aliphatic carbocycles. The van der Waals surface area contributed by atoms with Crippen molar-refractivity contribution in [3.63, 3.8) is 0 Å². The Kier molecular flexibility index (Phi) is 4.99. The van der Waals surface area contributed by atoms with Gasteiger partial charge in [-0.25, -0.2) is 9.78 Å². The molecule has 0 atom stereocenters. The van der Waals surface area contributed by atoms with Gasteiger partial charge in [-0.2, -0.15) is 16.3 Å². The van der Waals surface area contributed by atoms with Crippen molar-refractivity contribution < 1.29 is 0 Å². The van der Waals surface area contributed by atoms with Gasteiger partial charge in [0.1, 0.15) is 6.33 Å². The number of benzene rings is 1. The number of rotatable bonds is 5. The van der Waals surface area contributed by atoms with Crippen LogP contribution in [0.25, 0.3) is 28.0 Å². The normalized spacial score (nSPS) is 15.2. The van der Waals surface area contributed by atoms with E-state index in [9.17, 15) is 4.79 Å². The Bertz CT molecular complexity index is 1170. The highest BCUT2D eigenvalue weighted by Crippen LogP contribution is 2.24. The minimum atomic E-state index is -0.191. The molecule has 0 unspecified atom stereocenters. The molecule has 0 saturated carbocycles. The first-order chi connectivity index (χ1) is 14.3. The van der Waals surface area contributed by atoms with Crippen LogP contribution < -0.4 is 5.69 Å². The lowest BCUT2D eigenvalue weighted by molar-refractivity contribution is 0.219. The molecule has 6 nitrogen and oxygen atoms in total. The highest BCUT2D eigenvalue weighted by atomic mass is 32.1. The predicted molar refractivity (Wildman–Crippen MR) is 117 cm³/mol. The molecule has 0 amide bonds. The molecular weight excluding hydrogens is 382 g/mol. The maximum atomic E-state index is 12.5. The summed E-state index contributed by atoms with van der Waals surface area (Å²) in [5.74, 6) is 0. The minimum Gasteiger partial charge on any atom is -0.302 e. The second kappa shape index (κ2) is 7.93. The van der Waals surface area contributed by atoms with Crippen LogP contribution >= 0.6 is 11.3 Å². The summed E-state index contributed by atoms with van der Waals surface area (Å²) in [4.78, 5) is 23.8. The van der Waals surface area contributed by atoms with Gasteiger partial charge in [0, 0.05) is 30.2 Å². The van der Waals surface area contributed by atoms with Crippen LogP contribution in [-0.2, 0) is 6.54 Å². The number of hydrogen-bond acceptors (Lipinski definition) is 5. The van der Waals surface area contributed by atoms with Crippen molar-refractivity contribution in [3.8, 4) is 16.9 Å². The molecular formula is C22H23N5OS. The Balaban J connectivity index is 1.37. The fourth-order valence-electron chi connectivity index (χ4n) is 3.96. The maximum Gasteiger partial charge on any atom is 0.348 e.